The molecule has 0 aromatic heterocycles. The molecule has 0 saturated carbocycles. The van der Waals surface area contributed by atoms with Crippen LogP contribution in [0.4, 0.5) is 0 Å². The first-order valence-electron chi connectivity index (χ1n) is 28.8. The Morgan fingerprint density at radius 2 is 0.554 bits per heavy atom. The van der Waals surface area contributed by atoms with Gasteiger partial charge in [0, 0.05) is 19.3 Å². The minimum Gasteiger partial charge on any atom is -0.462 e. The van der Waals surface area contributed by atoms with Crippen LogP contribution in [0.2, 0.25) is 0 Å². The number of hydrogen-bond donors (Lipinski definition) is 0. The van der Waals surface area contributed by atoms with Gasteiger partial charge in [-0.2, -0.15) is 0 Å². The van der Waals surface area contributed by atoms with Gasteiger partial charge in [0.05, 0.1) is 0 Å². The Morgan fingerprint density at radius 1 is 0.308 bits per heavy atom. The van der Waals surface area contributed by atoms with E-state index < -0.39 is 6.10 Å². The molecule has 0 N–H and O–H groups in total. The number of ether oxygens (including phenoxy) is 3. The van der Waals surface area contributed by atoms with Crippen LogP contribution in [0, 0.1) is 0 Å². The van der Waals surface area contributed by atoms with Gasteiger partial charge >= 0.3 is 17.9 Å². The van der Waals surface area contributed by atoms with Crippen LogP contribution >= 0.6 is 0 Å². The van der Waals surface area contributed by atoms with Crippen molar-refractivity contribution in [3.05, 3.63) is 24.3 Å². The highest BCUT2D eigenvalue weighted by molar-refractivity contribution is 5.71. The molecular formula is C59H110O6. The fourth-order valence-electron chi connectivity index (χ4n) is 8.59. The van der Waals surface area contributed by atoms with Gasteiger partial charge in [0.25, 0.3) is 0 Å². The lowest BCUT2D eigenvalue weighted by atomic mass is 10.0. The molecule has 1 atom stereocenters. The summed E-state index contributed by atoms with van der Waals surface area (Å²) in [7, 11) is 0. The molecule has 0 rings (SSSR count). The van der Waals surface area contributed by atoms with E-state index in [4.69, 9.17) is 14.2 Å². The zero-order valence-electron chi connectivity index (χ0n) is 43.8. The molecule has 0 aromatic rings. The molecule has 6 nitrogen and oxygen atoms in total. The Hall–Kier alpha value is -2.11. The van der Waals surface area contributed by atoms with Gasteiger partial charge in [-0.05, 0) is 51.4 Å². The van der Waals surface area contributed by atoms with Crippen molar-refractivity contribution in [2.24, 2.45) is 0 Å². The molecule has 0 amide bonds. The largest absolute Gasteiger partial charge is 0.462 e. The first-order valence-corrected chi connectivity index (χ1v) is 28.8. The summed E-state index contributed by atoms with van der Waals surface area (Å²) in [5.41, 5.74) is 0. The maximum atomic E-state index is 12.8. The fourth-order valence-corrected chi connectivity index (χ4v) is 8.59. The van der Waals surface area contributed by atoms with E-state index in [1.807, 2.05) is 0 Å². The number of rotatable bonds is 53. The van der Waals surface area contributed by atoms with Gasteiger partial charge in [-0.25, -0.2) is 0 Å². The molecule has 0 bridgehead atoms. The highest BCUT2D eigenvalue weighted by Crippen LogP contribution is 2.17. The Morgan fingerprint density at radius 3 is 0.877 bits per heavy atom. The molecule has 0 unspecified atom stereocenters. The summed E-state index contributed by atoms with van der Waals surface area (Å²) in [4.78, 5) is 38.1. The van der Waals surface area contributed by atoms with E-state index in [0.29, 0.717) is 19.3 Å². The topological polar surface area (TPSA) is 78.9 Å². The molecule has 382 valence electrons. The Balaban J connectivity index is 4.33. The predicted molar refractivity (Wildman–Crippen MR) is 279 cm³/mol. The standard InChI is InChI=1S/C59H110O6/c1-4-7-10-13-16-19-22-25-28-29-32-34-37-40-43-46-49-52-58(61)64-55-56(65-59(62)53-50-47-44-41-38-35-31-27-24-21-18-15-12-9-6-3)54-63-57(60)51-48-45-42-39-36-33-30-26-23-20-17-14-11-8-5-2/h16,19,25,28,56H,4-15,17-18,20-24,26-27,29-55H2,1-3H3/b19-16-,28-25-/t56-/m0/s1. The molecule has 0 fully saturated rings. The van der Waals surface area contributed by atoms with Gasteiger partial charge in [0.1, 0.15) is 13.2 Å². The molecule has 0 radical (unpaired) electrons. The van der Waals surface area contributed by atoms with Gasteiger partial charge in [-0.3, -0.25) is 14.4 Å². The Bertz CT molecular complexity index is 1050. The summed E-state index contributed by atoms with van der Waals surface area (Å²) in [5.74, 6) is -0.854. The van der Waals surface area contributed by atoms with Crippen molar-refractivity contribution >= 4 is 17.9 Å². The first kappa shape index (κ1) is 62.9. The van der Waals surface area contributed by atoms with Crippen molar-refractivity contribution in [3.8, 4) is 0 Å². The summed E-state index contributed by atoms with van der Waals surface area (Å²) in [6.45, 7) is 6.66. The average molecular weight is 916 g/mol. The van der Waals surface area contributed by atoms with Crippen molar-refractivity contribution in [1.29, 1.82) is 0 Å². The lowest BCUT2D eigenvalue weighted by Crippen LogP contribution is -2.30. The molecule has 0 saturated heterocycles. The normalized spacial score (nSPS) is 12.1. The van der Waals surface area contributed by atoms with Crippen molar-refractivity contribution in [1.82, 2.24) is 0 Å². The number of unbranched alkanes of at least 4 members (excludes halogenated alkanes) is 38. The summed E-state index contributed by atoms with van der Waals surface area (Å²) in [6.07, 6.45) is 63.0. The van der Waals surface area contributed by atoms with Crippen LogP contribution in [0.15, 0.2) is 24.3 Å². The molecular weight excluding hydrogens is 805 g/mol. The minimum atomic E-state index is -0.769. The molecule has 0 aliphatic carbocycles. The van der Waals surface area contributed by atoms with Gasteiger partial charge in [0.15, 0.2) is 6.10 Å². The van der Waals surface area contributed by atoms with E-state index in [9.17, 15) is 14.4 Å². The highest BCUT2D eigenvalue weighted by atomic mass is 16.6. The second kappa shape index (κ2) is 54.5. The first-order chi connectivity index (χ1) is 32.0. The van der Waals surface area contributed by atoms with Crippen molar-refractivity contribution in [3.63, 3.8) is 0 Å². The number of carbonyl (C=O) groups is 3. The maximum absolute atomic E-state index is 12.8. The van der Waals surface area contributed by atoms with Crippen LogP contribution in [0.25, 0.3) is 0 Å². The van der Waals surface area contributed by atoms with Crippen LogP contribution in [0.5, 0.6) is 0 Å². The third-order valence-corrected chi connectivity index (χ3v) is 13.0. The Kier molecular flexibility index (Phi) is 52.7. The quantitative estimate of drug-likeness (QED) is 0.0262. The van der Waals surface area contributed by atoms with E-state index in [2.05, 4.69) is 45.1 Å². The average Bonchev–Trinajstić information content (AvgIpc) is 3.30. The van der Waals surface area contributed by atoms with E-state index >= 15 is 0 Å². The molecule has 65 heavy (non-hydrogen) atoms. The predicted octanol–water partition coefficient (Wildman–Crippen LogP) is 19.1. The smallest absolute Gasteiger partial charge is 0.306 e. The zero-order valence-corrected chi connectivity index (χ0v) is 43.8. The number of allylic oxidation sites excluding steroid dienone is 4. The van der Waals surface area contributed by atoms with Gasteiger partial charge in [0.2, 0.25) is 0 Å². The van der Waals surface area contributed by atoms with Crippen molar-refractivity contribution in [2.75, 3.05) is 13.2 Å². The number of carbonyl (C=O) groups excluding carboxylic acids is 3. The lowest BCUT2D eigenvalue weighted by Gasteiger charge is -2.18. The van der Waals surface area contributed by atoms with Crippen LogP contribution < -0.4 is 0 Å². The zero-order chi connectivity index (χ0) is 47.2. The van der Waals surface area contributed by atoms with Gasteiger partial charge in [-0.1, -0.05) is 270 Å². The second-order valence-electron chi connectivity index (χ2n) is 19.6. The minimum absolute atomic E-state index is 0.0680. The summed E-state index contributed by atoms with van der Waals surface area (Å²) in [5, 5.41) is 0. The van der Waals surface area contributed by atoms with E-state index in [-0.39, 0.29) is 31.1 Å². The van der Waals surface area contributed by atoms with E-state index in [1.54, 1.807) is 0 Å². The fraction of sp³-hybridized carbons (Fsp3) is 0.881. The molecule has 0 aliphatic rings. The molecule has 0 heterocycles. The van der Waals surface area contributed by atoms with Crippen LogP contribution in [-0.2, 0) is 28.6 Å². The lowest BCUT2D eigenvalue weighted by molar-refractivity contribution is -0.167. The van der Waals surface area contributed by atoms with E-state index in [0.717, 1.165) is 70.6 Å². The van der Waals surface area contributed by atoms with Crippen LogP contribution in [-0.4, -0.2) is 37.2 Å². The highest BCUT2D eigenvalue weighted by Gasteiger charge is 2.19. The molecule has 0 spiro atoms. The van der Waals surface area contributed by atoms with Crippen molar-refractivity contribution < 1.29 is 28.6 Å². The summed E-state index contributed by atoms with van der Waals surface area (Å²) in [6, 6.07) is 0. The molecule has 0 aliphatic heterocycles. The number of esters is 3. The molecule has 6 heteroatoms. The SMILES string of the molecule is CCCCC/C=C\C/C=C\CCCCCCCCCC(=O)OC[C@H](COC(=O)CCCCCCCCCCCCCCCCC)OC(=O)CCCCCCCCCCCCCCCCC. The number of hydrogen-bond acceptors (Lipinski definition) is 6. The summed E-state index contributed by atoms with van der Waals surface area (Å²) < 4.78 is 16.9. The van der Waals surface area contributed by atoms with Crippen LogP contribution in [0.1, 0.15) is 316 Å². The van der Waals surface area contributed by atoms with Crippen molar-refractivity contribution in [2.45, 2.75) is 322 Å². The van der Waals surface area contributed by atoms with Gasteiger partial charge < -0.3 is 14.2 Å². The second-order valence-corrected chi connectivity index (χ2v) is 19.6. The third-order valence-electron chi connectivity index (χ3n) is 13.0. The Labute approximate surface area is 404 Å². The van der Waals surface area contributed by atoms with Gasteiger partial charge in [-0.15, -0.1) is 0 Å². The van der Waals surface area contributed by atoms with E-state index in [1.165, 1.54) is 205 Å². The monoisotopic (exact) mass is 915 g/mol. The summed E-state index contributed by atoms with van der Waals surface area (Å²) >= 11 is 0. The maximum Gasteiger partial charge on any atom is 0.306 e. The molecule has 0 aromatic carbocycles. The van der Waals surface area contributed by atoms with Crippen LogP contribution in [0.3, 0.4) is 0 Å². The third kappa shape index (κ3) is 52.7.